The molecule has 23 heavy (non-hydrogen) atoms. The number of alkyl halides is 1. The fraction of sp³-hybridized carbons (Fsp3) is 0.952. The van der Waals surface area contributed by atoms with Crippen molar-refractivity contribution in [1.82, 2.24) is 0 Å². The molecule has 0 amide bonds. The Morgan fingerprint density at radius 1 is 0.826 bits per heavy atom. The van der Waals surface area contributed by atoms with Crippen LogP contribution in [-0.4, -0.2) is 6.17 Å². The fourth-order valence-electron chi connectivity index (χ4n) is 5.81. The zero-order valence-electron chi connectivity index (χ0n) is 15.1. The number of hydrogen-bond donors (Lipinski definition) is 0. The van der Waals surface area contributed by atoms with Crippen molar-refractivity contribution in [3.8, 4) is 6.07 Å². The van der Waals surface area contributed by atoms with Crippen molar-refractivity contribution in [2.75, 3.05) is 0 Å². The molecule has 1 nitrogen and oxygen atoms in total. The van der Waals surface area contributed by atoms with Gasteiger partial charge in [-0.3, -0.25) is 0 Å². The van der Waals surface area contributed by atoms with Crippen LogP contribution in [0.1, 0.15) is 84.5 Å². The van der Waals surface area contributed by atoms with Crippen LogP contribution in [0.15, 0.2) is 0 Å². The van der Waals surface area contributed by atoms with Crippen LogP contribution in [0.5, 0.6) is 0 Å². The van der Waals surface area contributed by atoms with Gasteiger partial charge < -0.3 is 0 Å². The van der Waals surface area contributed by atoms with Crippen LogP contribution in [0, 0.1) is 46.3 Å². The van der Waals surface area contributed by atoms with Gasteiger partial charge in [0.2, 0.25) is 0 Å². The SMILES string of the molecule is CC1CCC(C2CCC(C#N)(C3CCC(C)CC3)C(F)C2)CC1. The Morgan fingerprint density at radius 3 is 1.91 bits per heavy atom. The number of halogens is 1. The van der Waals surface area contributed by atoms with E-state index in [1.54, 1.807) is 0 Å². The van der Waals surface area contributed by atoms with Gasteiger partial charge in [0, 0.05) is 0 Å². The smallest absolute Gasteiger partial charge is 0.119 e. The molecule has 3 rings (SSSR count). The Morgan fingerprint density at radius 2 is 1.39 bits per heavy atom. The van der Waals surface area contributed by atoms with Crippen LogP contribution in [0.4, 0.5) is 4.39 Å². The summed E-state index contributed by atoms with van der Waals surface area (Å²) < 4.78 is 15.2. The van der Waals surface area contributed by atoms with Gasteiger partial charge in [-0.1, -0.05) is 39.5 Å². The first-order chi connectivity index (χ1) is 11.0. The van der Waals surface area contributed by atoms with Gasteiger partial charge in [0.25, 0.3) is 0 Å². The Bertz CT molecular complexity index is 426. The zero-order valence-corrected chi connectivity index (χ0v) is 15.1. The fourth-order valence-corrected chi connectivity index (χ4v) is 5.81. The lowest BCUT2D eigenvalue weighted by Crippen LogP contribution is -2.45. The van der Waals surface area contributed by atoms with Crippen molar-refractivity contribution in [2.45, 2.75) is 90.6 Å². The van der Waals surface area contributed by atoms with Gasteiger partial charge in [-0.2, -0.15) is 5.26 Å². The second kappa shape index (κ2) is 7.12. The monoisotopic (exact) mass is 319 g/mol. The summed E-state index contributed by atoms with van der Waals surface area (Å²) in [6, 6.07) is 2.51. The molecule has 3 aliphatic carbocycles. The van der Waals surface area contributed by atoms with Crippen LogP contribution in [0.25, 0.3) is 0 Å². The van der Waals surface area contributed by atoms with Crippen LogP contribution in [0.3, 0.4) is 0 Å². The maximum atomic E-state index is 15.2. The predicted octanol–water partition coefficient (Wildman–Crippen LogP) is 6.29. The Balaban J connectivity index is 1.63. The number of nitriles is 1. The van der Waals surface area contributed by atoms with E-state index in [0.29, 0.717) is 18.3 Å². The Hall–Kier alpha value is -0.580. The third kappa shape index (κ3) is 3.45. The van der Waals surface area contributed by atoms with E-state index in [9.17, 15) is 5.26 Å². The van der Waals surface area contributed by atoms with E-state index in [-0.39, 0.29) is 0 Å². The number of nitrogens with zero attached hydrogens (tertiary/aromatic N) is 1. The van der Waals surface area contributed by atoms with Gasteiger partial charge in [-0.15, -0.1) is 0 Å². The second-order valence-electron chi connectivity index (χ2n) is 9.13. The summed E-state index contributed by atoms with van der Waals surface area (Å²) in [7, 11) is 0. The number of hydrogen-bond acceptors (Lipinski definition) is 1. The second-order valence-corrected chi connectivity index (χ2v) is 9.13. The van der Waals surface area contributed by atoms with Crippen molar-refractivity contribution in [1.29, 1.82) is 5.26 Å². The van der Waals surface area contributed by atoms with E-state index in [1.807, 2.05) is 0 Å². The van der Waals surface area contributed by atoms with Crippen LogP contribution in [0.2, 0.25) is 0 Å². The molecule has 0 heterocycles. The van der Waals surface area contributed by atoms with E-state index >= 15 is 4.39 Å². The molecule has 0 aromatic rings. The molecule has 0 aliphatic heterocycles. The van der Waals surface area contributed by atoms with E-state index < -0.39 is 11.6 Å². The van der Waals surface area contributed by atoms with E-state index in [0.717, 1.165) is 43.4 Å². The third-order valence-corrected chi connectivity index (χ3v) is 7.68. The topological polar surface area (TPSA) is 23.8 Å². The van der Waals surface area contributed by atoms with Gasteiger partial charge >= 0.3 is 0 Å². The molecule has 3 saturated carbocycles. The molecule has 0 aromatic carbocycles. The minimum absolute atomic E-state index is 0.311. The highest BCUT2D eigenvalue weighted by Crippen LogP contribution is 2.53. The highest BCUT2D eigenvalue weighted by atomic mass is 19.1. The van der Waals surface area contributed by atoms with Crippen molar-refractivity contribution in [3.05, 3.63) is 0 Å². The maximum absolute atomic E-state index is 15.2. The molecule has 3 atom stereocenters. The lowest BCUT2D eigenvalue weighted by Gasteiger charge is -2.47. The predicted molar refractivity (Wildman–Crippen MR) is 92.5 cm³/mol. The van der Waals surface area contributed by atoms with Crippen molar-refractivity contribution in [3.63, 3.8) is 0 Å². The average Bonchev–Trinajstić information content (AvgIpc) is 2.57. The first kappa shape index (κ1) is 17.2. The summed E-state index contributed by atoms with van der Waals surface area (Å²) in [6.07, 6.45) is 11.4. The van der Waals surface area contributed by atoms with Gasteiger partial charge in [0.05, 0.1) is 11.5 Å². The van der Waals surface area contributed by atoms with Crippen molar-refractivity contribution >= 4 is 0 Å². The van der Waals surface area contributed by atoms with Gasteiger partial charge in [0.1, 0.15) is 6.17 Å². The van der Waals surface area contributed by atoms with E-state index in [1.165, 1.54) is 38.5 Å². The normalized spacial score (nSPS) is 48.6. The molecule has 3 aliphatic rings. The maximum Gasteiger partial charge on any atom is 0.119 e. The summed E-state index contributed by atoms with van der Waals surface area (Å²) in [4.78, 5) is 0. The molecule has 0 aromatic heterocycles. The first-order valence-corrected chi connectivity index (χ1v) is 10.1. The van der Waals surface area contributed by atoms with E-state index in [2.05, 4.69) is 19.9 Å². The average molecular weight is 320 g/mol. The molecule has 0 N–H and O–H groups in total. The Kier molecular flexibility index (Phi) is 5.34. The molecule has 0 spiro atoms. The van der Waals surface area contributed by atoms with Crippen LogP contribution >= 0.6 is 0 Å². The zero-order chi connectivity index (χ0) is 16.4. The summed E-state index contributed by atoms with van der Waals surface area (Å²) in [5, 5.41) is 9.87. The summed E-state index contributed by atoms with van der Waals surface area (Å²) in [5.74, 6) is 3.21. The Labute approximate surface area is 142 Å². The lowest BCUT2D eigenvalue weighted by molar-refractivity contribution is -0.0111. The van der Waals surface area contributed by atoms with Crippen molar-refractivity contribution < 1.29 is 4.39 Å². The standard InChI is InChI=1S/C21H34FN/c1-15-3-7-17(8-4-15)18-11-12-21(14-23,20(22)13-18)19-9-5-16(2)6-10-19/h15-20H,3-13H2,1-2H3. The third-order valence-electron chi connectivity index (χ3n) is 7.68. The largest absolute Gasteiger partial charge is 0.246 e. The highest BCUT2D eigenvalue weighted by Gasteiger charge is 2.51. The quantitative estimate of drug-likeness (QED) is 0.587. The van der Waals surface area contributed by atoms with Gasteiger partial charge in [-0.05, 0) is 74.5 Å². The minimum Gasteiger partial charge on any atom is -0.246 e. The van der Waals surface area contributed by atoms with Crippen molar-refractivity contribution in [2.24, 2.45) is 35.0 Å². The summed E-state index contributed by atoms with van der Waals surface area (Å²) in [6.45, 7) is 4.64. The van der Waals surface area contributed by atoms with E-state index in [4.69, 9.17) is 0 Å². The minimum atomic E-state index is -0.885. The summed E-state index contributed by atoms with van der Waals surface area (Å²) in [5.41, 5.74) is -0.654. The molecule has 130 valence electrons. The van der Waals surface area contributed by atoms with Gasteiger partial charge in [-0.25, -0.2) is 4.39 Å². The molecule has 0 saturated heterocycles. The van der Waals surface area contributed by atoms with Crippen LogP contribution in [-0.2, 0) is 0 Å². The van der Waals surface area contributed by atoms with Gasteiger partial charge in [0.15, 0.2) is 0 Å². The number of rotatable bonds is 2. The molecular formula is C21H34FN. The molecule has 2 heteroatoms. The highest BCUT2D eigenvalue weighted by molar-refractivity contribution is 5.11. The molecular weight excluding hydrogens is 285 g/mol. The first-order valence-electron chi connectivity index (χ1n) is 10.1. The molecule has 0 radical (unpaired) electrons. The molecule has 3 fully saturated rings. The molecule has 3 unspecified atom stereocenters. The summed E-state index contributed by atoms with van der Waals surface area (Å²) >= 11 is 0. The lowest BCUT2D eigenvalue weighted by atomic mass is 9.57. The van der Waals surface area contributed by atoms with Crippen LogP contribution < -0.4 is 0 Å². The molecule has 0 bridgehead atoms.